The van der Waals surface area contributed by atoms with Crippen molar-refractivity contribution in [1.29, 1.82) is 0 Å². The molecule has 0 spiro atoms. The Morgan fingerprint density at radius 3 is 2.43 bits per heavy atom. The summed E-state index contributed by atoms with van der Waals surface area (Å²) >= 11 is 6.15. The molecule has 0 fully saturated rings. The van der Waals surface area contributed by atoms with Crippen molar-refractivity contribution in [2.75, 3.05) is 7.11 Å². The van der Waals surface area contributed by atoms with Crippen molar-refractivity contribution < 1.29 is 14.7 Å². The van der Waals surface area contributed by atoms with Crippen LogP contribution in [0, 0.1) is 0 Å². The number of benzene rings is 2. The second kappa shape index (κ2) is 6.85. The lowest BCUT2D eigenvalue weighted by Gasteiger charge is -2.09. The summed E-state index contributed by atoms with van der Waals surface area (Å²) in [6.07, 6.45) is 0. The molecule has 0 aliphatic carbocycles. The highest BCUT2D eigenvalue weighted by Gasteiger charge is 2.06. The van der Waals surface area contributed by atoms with E-state index < -0.39 is 0 Å². The second-order valence-corrected chi connectivity index (χ2v) is 4.66. The Morgan fingerprint density at radius 1 is 1.19 bits per heavy atom. The van der Waals surface area contributed by atoms with Crippen molar-refractivity contribution in [3.05, 3.63) is 58.6 Å². The Kier molecular flexibility index (Phi) is 4.90. The number of oxime groups is 1. The third kappa shape index (κ3) is 3.79. The van der Waals surface area contributed by atoms with Gasteiger partial charge >= 0.3 is 0 Å². The number of methoxy groups -OCH3 is 1. The first-order chi connectivity index (χ1) is 10.1. The first-order valence-electron chi connectivity index (χ1n) is 6.17. The Bertz CT molecular complexity index is 642. The number of rotatable bonds is 5. The molecule has 0 saturated carbocycles. The van der Waals surface area contributed by atoms with E-state index in [9.17, 15) is 0 Å². The smallest absolute Gasteiger partial charge is 0.170 e. The first kappa shape index (κ1) is 15.0. The van der Waals surface area contributed by atoms with Crippen molar-refractivity contribution in [2.24, 2.45) is 10.9 Å². The minimum atomic E-state index is 0.0134. The van der Waals surface area contributed by atoms with Gasteiger partial charge in [-0.15, -0.1) is 0 Å². The molecular weight excluding hydrogens is 292 g/mol. The van der Waals surface area contributed by atoms with Crippen molar-refractivity contribution in [2.45, 2.75) is 6.61 Å². The van der Waals surface area contributed by atoms with E-state index in [2.05, 4.69) is 5.16 Å². The van der Waals surface area contributed by atoms with Gasteiger partial charge in [0.2, 0.25) is 0 Å². The van der Waals surface area contributed by atoms with E-state index in [1.165, 1.54) is 0 Å². The molecular formula is C15H15ClN2O3. The van der Waals surface area contributed by atoms with E-state index in [0.717, 1.165) is 11.3 Å². The van der Waals surface area contributed by atoms with Gasteiger partial charge < -0.3 is 20.4 Å². The third-order valence-electron chi connectivity index (χ3n) is 2.91. The fourth-order valence-corrected chi connectivity index (χ4v) is 1.95. The van der Waals surface area contributed by atoms with Gasteiger partial charge in [-0.1, -0.05) is 28.9 Å². The van der Waals surface area contributed by atoms with E-state index in [0.29, 0.717) is 22.9 Å². The van der Waals surface area contributed by atoms with E-state index in [1.807, 2.05) is 24.3 Å². The van der Waals surface area contributed by atoms with Gasteiger partial charge in [0.15, 0.2) is 5.84 Å². The number of ether oxygens (including phenoxy) is 2. The molecule has 2 aromatic rings. The van der Waals surface area contributed by atoms with Gasteiger partial charge in [-0.3, -0.25) is 0 Å². The molecule has 0 radical (unpaired) electrons. The van der Waals surface area contributed by atoms with Gasteiger partial charge in [0.1, 0.15) is 18.1 Å². The van der Waals surface area contributed by atoms with E-state index in [-0.39, 0.29) is 5.84 Å². The Morgan fingerprint density at radius 2 is 1.86 bits per heavy atom. The SMILES string of the molecule is COc1ccc(OCc2ccc(/C(N)=N/O)cc2Cl)cc1. The van der Waals surface area contributed by atoms with Crippen LogP contribution in [-0.2, 0) is 6.61 Å². The van der Waals surface area contributed by atoms with Crippen LogP contribution in [0.15, 0.2) is 47.6 Å². The largest absolute Gasteiger partial charge is 0.497 e. The quantitative estimate of drug-likeness (QED) is 0.385. The van der Waals surface area contributed by atoms with Crippen LogP contribution < -0.4 is 15.2 Å². The Hall–Kier alpha value is -2.40. The van der Waals surface area contributed by atoms with Gasteiger partial charge in [0.05, 0.1) is 7.11 Å². The molecule has 110 valence electrons. The molecule has 0 atom stereocenters. The molecule has 0 amide bonds. The number of nitrogens with zero attached hydrogens (tertiary/aromatic N) is 1. The summed E-state index contributed by atoms with van der Waals surface area (Å²) in [5.74, 6) is 1.50. The summed E-state index contributed by atoms with van der Waals surface area (Å²) in [4.78, 5) is 0. The summed E-state index contributed by atoms with van der Waals surface area (Å²) < 4.78 is 10.7. The van der Waals surface area contributed by atoms with Crippen LogP contribution in [0.25, 0.3) is 0 Å². The maximum absolute atomic E-state index is 8.63. The lowest BCUT2D eigenvalue weighted by Crippen LogP contribution is -2.13. The number of hydrogen-bond donors (Lipinski definition) is 2. The molecule has 0 aliphatic rings. The molecule has 2 rings (SSSR count). The molecule has 21 heavy (non-hydrogen) atoms. The van der Waals surface area contributed by atoms with Crippen LogP contribution in [0.3, 0.4) is 0 Å². The van der Waals surface area contributed by atoms with Crippen LogP contribution >= 0.6 is 11.6 Å². The summed E-state index contributed by atoms with van der Waals surface area (Å²) in [5, 5.41) is 12.1. The van der Waals surface area contributed by atoms with Crippen molar-refractivity contribution >= 4 is 17.4 Å². The molecule has 6 heteroatoms. The summed E-state index contributed by atoms with van der Waals surface area (Å²) in [7, 11) is 1.61. The molecule has 2 aromatic carbocycles. The number of amidine groups is 1. The molecule has 0 unspecified atom stereocenters. The van der Waals surface area contributed by atoms with Crippen molar-refractivity contribution in [1.82, 2.24) is 0 Å². The van der Waals surface area contributed by atoms with Crippen molar-refractivity contribution in [3.8, 4) is 11.5 Å². The van der Waals surface area contributed by atoms with Crippen LogP contribution in [0.1, 0.15) is 11.1 Å². The molecule has 0 saturated heterocycles. The summed E-state index contributed by atoms with van der Waals surface area (Å²) in [6.45, 7) is 0.321. The minimum absolute atomic E-state index is 0.0134. The highest BCUT2D eigenvalue weighted by molar-refractivity contribution is 6.31. The highest BCUT2D eigenvalue weighted by Crippen LogP contribution is 2.22. The maximum atomic E-state index is 8.63. The zero-order valence-electron chi connectivity index (χ0n) is 11.4. The van der Waals surface area contributed by atoms with Crippen molar-refractivity contribution in [3.63, 3.8) is 0 Å². The number of halogens is 1. The van der Waals surface area contributed by atoms with Crippen LogP contribution in [0.5, 0.6) is 11.5 Å². The lowest BCUT2D eigenvalue weighted by molar-refractivity contribution is 0.305. The summed E-state index contributed by atoms with van der Waals surface area (Å²) in [5.41, 5.74) is 6.86. The predicted molar refractivity (Wildman–Crippen MR) is 81.3 cm³/mol. The Balaban J connectivity index is 2.05. The second-order valence-electron chi connectivity index (χ2n) is 4.26. The lowest BCUT2D eigenvalue weighted by atomic mass is 10.1. The highest BCUT2D eigenvalue weighted by atomic mass is 35.5. The van der Waals surface area contributed by atoms with Gasteiger partial charge in [-0.2, -0.15) is 0 Å². The monoisotopic (exact) mass is 306 g/mol. The minimum Gasteiger partial charge on any atom is -0.497 e. The number of hydrogen-bond acceptors (Lipinski definition) is 4. The summed E-state index contributed by atoms with van der Waals surface area (Å²) in [6, 6.07) is 12.4. The van der Waals surface area contributed by atoms with Crippen LogP contribution in [0.2, 0.25) is 5.02 Å². The zero-order chi connectivity index (χ0) is 15.2. The van der Waals surface area contributed by atoms with Crippen LogP contribution in [0.4, 0.5) is 0 Å². The normalized spacial score (nSPS) is 11.2. The standard InChI is InChI=1S/C15H15ClN2O3/c1-20-12-4-6-13(7-5-12)21-9-11-3-2-10(8-14(11)16)15(17)18-19/h2-8,19H,9H2,1H3,(H2,17,18). The van der Waals surface area contributed by atoms with Gasteiger partial charge in [0, 0.05) is 16.1 Å². The zero-order valence-corrected chi connectivity index (χ0v) is 12.2. The van der Waals surface area contributed by atoms with E-state index in [4.69, 9.17) is 32.0 Å². The average molecular weight is 307 g/mol. The molecule has 0 bridgehead atoms. The first-order valence-corrected chi connectivity index (χ1v) is 6.55. The topological polar surface area (TPSA) is 77.1 Å². The molecule has 0 aromatic heterocycles. The maximum Gasteiger partial charge on any atom is 0.170 e. The Labute approximate surface area is 127 Å². The van der Waals surface area contributed by atoms with E-state index in [1.54, 1.807) is 25.3 Å². The molecule has 0 aliphatic heterocycles. The molecule has 5 nitrogen and oxygen atoms in total. The van der Waals surface area contributed by atoms with Gasteiger partial charge in [-0.25, -0.2) is 0 Å². The van der Waals surface area contributed by atoms with Gasteiger partial charge in [0.25, 0.3) is 0 Å². The third-order valence-corrected chi connectivity index (χ3v) is 3.26. The predicted octanol–water partition coefficient (Wildman–Crippen LogP) is 3.02. The molecule has 3 N–H and O–H groups in total. The number of nitrogens with two attached hydrogens (primary N) is 1. The fourth-order valence-electron chi connectivity index (χ4n) is 1.71. The molecule has 0 heterocycles. The fraction of sp³-hybridized carbons (Fsp3) is 0.133. The van der Waals surface area contributed by atoms with E-state index >= 15 is 0 Å². The van der Waals surface area contributed by atoms with Gasteiger partial charge in [-0.05, 0) is 30.3 Å². The average Bonchev–Trinajstić information content (AvgIpc) is 2.53. The van der Waals surface area contributed by atoms with Crippen LogP contribution in [-0.4, -0.2) is 18.2 Å².